The van der Waals surface area contributed by atoms with Crippen molar-refractivity contribution in [2.75, 3.05) is 25.4 Å². The Morgan fingerprint density at radius 3 is 2.56 bits per heavy atom. The van der Waals surface area contributed by atoms with Crippen molar-refractivity contribution >= 4 is 67.8 Å². The lowest BCUT2D eigenvalue weighted by Crippen LogP contribution is -2.76. The van der Waals surface area contributed by atoms with Gasteiger partial charge in [-0.25, -0.2) is 9.78 Å². The van der Waals surface area contributed by atoms with Crippen molar-refractivity contribution in [2.45, 2.75) is 44.0 Å². The summed E-state index contributed by atoms with van der Waals surface area (Å²) in [5, 5.41) is 19.2. The van der Waals surface area contributed by atoms with Crippen LogP contribution in [0.1, 0.15) is 31.5 Å². The molecule has 0 aliphatic carbocycles. The molecule has 0 bridgehead atoms. The van der Waals surface area contributed by atoms with Gasteiger partial charge in [0, 0.05) is 12.1 Å². The minimum absolute atomic E-state index is 0.0598. The van der Waals surface area contributed by atoms with Crippen LogP contribution in [-0.2, 0) is 33.9 Å². The average molecular weight is 689 g/mol. The van der Waals surface area contributed by atoms with Crippen molar-refractivity contribution in [1.82, 2.24) is 20.7 Å². The van der Waals surface area contributed by atoms with Crippen LogP contribution in [0.4, 0.5) is 5.13 Å². The van der Waals surface area contributed by atoms with Crippen LogP contribution in [0.25, 0.3) is 0 Å². The number of carbonyl (C=O) groups is 3. The SMILES string of the molecule is CC1(C)[C@H](NC(=O)/C(=N\OC(COc2ccc(C(N)=N[C@@H]3CCNC3)cc2)C(=O)O)c2nc(N)sc2Cl)C(=O)N1OS(=O)(=O)O. The molecule has 2 saturated heterocycles. The fourth-order valence-corrected chi connectivity index (χ4v) is 5.63. The van der Waals surface area contributed by atoms with E-state index in [2.05, 4.69) is 30.0 Å². The maximum Gasteiger partial charge on any atom is 0.418 e. The molecule has 0 radical (unpaired) electrons. The zero-order valence-corrected chi connectivity index (χ0v) is 26.1. The van der Waals surface area contributed by atoms with E-state index < -0.39 is 58.2 Å². The zero-order valence-electron chi connectivity index (χ0n) is 23.7. The highest BCUT2D eigenvalue weighted by Crippen LogP contribution is 2.33. The number of thiazole rings is 1. The Hall–Kier alpha value is -4.08. The number of hydrogen-bond acceptors (Lipinski definition) is 14. The Bertz CT molecular complexity index is 1620. The van der Waals surface area contributed by atoms with E-state index in [1.165, 1.54) is 13.8 Å². The molecule has 1 aromatic carbocycles. The molecular weight excluding hydrogens is 660 g/mol. The smallest absolute Gasteiger partial charge is 0.418 e. The van der Waals surface area contributed by atoms with Crippen molar-refractivity contribution in [2.24, 2.45) is 15.9 Å². The highest BCUT2D eigenvalue weighted by Gasteiger charge is 2.58. The second-order valence-corrected chi connectivity index (χ2v) is 12.9. The molecule has 0 saturated carbocycles. The first-order valence-electron chi connectivity index (χ1n) is 13.0. The van der Waals surface area contributed by atoms with Gasteiger partial charge in [0.1, 0.15) is 34.3 Å². The predicted molar refractivity (Wildman–Crippen MR) is 160 cm³/mol. The van der Waals surface area contributed by atoms with Gasteiger partial charge in [-0.15, -0.1) is 4.28 Å². The fourth-order valence-electron chi connectivity index (χ4n) is 4.25. The number of halogens is 1. The minimum atomic E-state index is -5.04. The number of aliphatic carboxylic acids is 1. The number of nitrogen functional groups attached to an aromatic ring is 1. The summed E-state index contributed by atoms with van der Waals surface area (Å²) in [5.41, 5.74) is 10.0. The largest absolute Gasteiger partial charge is 0.489 e. The van der Waals surface area contributed by atoms with Crippen molar-refractivity contribution in [3.8, 4) is 5.75 Å². The van der Waals surface area contributed by atoms with E-state index in [4.69, 9.17) is 37.2 Å². The van der Waals surface area contributed by atoms with Crippen LogP contribution < -0.4 is 26.8 Å². The maximum absolute atomic E-state index is 13.3. The summed E-state index contributed by atoms with van der Waals surface area (Å²) < 4.78 is 40.8. The summed E-state index contributed by atoms with van der Waals surface area (Å²) in [4.78, 5) is 51.2. The summed E-state index contributed by atoms with van der Waals surface area (Å²) in [6.07, 6.45) is -0.850. The number of β-lactam (4-membered cyclic amide) rings is 1. The third-order valence-electron chi connectivity index (χ3n) is 6.62. The molecule has 2 amide bonds. The second-order valence-electron chi connectivity index (χ2n) is 10.2. The van der Waals surface area contributed by atoms with Gasteiger partial charge in [0.25, 0.3) is 17.9 Å². The topological polar surface area (TPSA) is 270 Å². The van der Waals surface area contributed by atoms with Crippen LogP contribution in [0.2, 0.25) is 4.34 Å². The number of rotatable bonds is 13. The van der Waals surface area contributed by atoms with Crippen molar-refractivity contribution in [3.05, 3.63) is 39.9 Å². The first kappa shape index (κ1) is 33.8. The molecule has 1 unspecified atom stereocenters. The third kappa shape index (κ3) is 8.15. The number of nitrogens with one attached hydrogen (secondary N) is 2. The quantitative estimate of drug-likeness (QED) is 0.0511. The molecule has 8 N–H and O–H groups in total. The number of anilines is 1. The molecule has 2 fully saturated rings. The first-order chi connectivity index (χ1) is 21.1. The summed E-state index contributed by atoms with van der Waals surface area (Å²) in [5.74, 6) is -2.98. The fraction of sp³-hybridized carbons (Fsp3) is 0.417. The number of nitrogens with zero attached hydrogens (tertiary/aromatic N) is 4. The Balaban J connectivity index is 1.47. The van der Waals surface area contributed by atoms with Crippen LogP contribution in [0.5, 0.6) is 5.75 Å². The van der Waals surface area contributed by atoms with Crippen LogP contribution >= 0.6 is 22.9 Å². The molecule has 1 aromatic heterocycles. The molecule has 3 atom stereocenters. The average Bonchev–Trinajstić information content (AvgIpc) is 3.60. The molecule has 45 heavy (non-hydrogen) atoms. The van der Waals surface area contributed by atoms with E-state index in [9.17, 15) is 27.9 Å². The number of hydrogen-bond donors (Lipinski definition) is 6. The van der Waals surface area contributed by atoms with Gasteiger partial charge in [-0.05, 0) is 51.1 Å². The second kappa shape index (κ2) is 13.5. The number of aromatic nitrogens is 1. The molecule has 244 valence electrons. The van der Waals surface area contributed by atoms with E-state index >= 15 is 0 Å². The summed E-state index contributed by atoms with van der Waals surface area (Å²) in [6.45, 7) is 3.74. The van der Waals surface area contributed by atoms with Crippen LogP contribution in [0.3, 0.4) is 0 Å². The van der Waals surface area contributed by atoms with E-state index in [-0.39, 0.29) is 27.0 Å². The summed E-state index contributed by atoms with van der Waals surface area (Å²) in [7, 11) is -5.04. The number of carboxylic acid groups (broad SMARTS) is 1. The van der Waals surface area contributed by atoms with Crippen LogP contribution in [0.15, 0.2) is 34.4 Å². The van der Waals surface area contributed by atoms with Gasteiger partial charge in [-0.2, -0.15) is 13.5 Å². The lowest BCUT2D eigenvalue weighted by Gasteiger charge is -2.50. The number of hydroxylamine groups is 2. The van der Waals surface area contributed by atoms with Gasteiger partial charge in [-0.1, -0.05) is 28.1 Å². The molecular formula is C24H29ClN8O10S2. The van der Waals surface area contributed by atoms with Gasteiger partial charge >= 0.3 is 16.4 Å². The van der Waals surface area contributed by atoms with E-state index in [0.29, 0.717) is 16.5 Å². The number of amides is 2. The van der Waals surface area contributed by atoms with Gasteiger partial charge < -0.3 is 36.8 Å². The lowest BCUT2D eigenvalue weighted by atomic mass is 9.84. The predicted octanol–water partition coefficient (Wildman–Crippen LogP) is -0.461. The normalized spacial score (nSPS) is 20.8. The molecule has 3 heterocycles. The number of nitrogens with two attached hydrogens (primary N) is 2. The molecule has 4 rings (SSSR count). The molecule has 2 aliphatic heterocycles. The number of carbonyl (C=O) groups excluding carboxylic acids is 2. The Labute approximate surface area is 265 Å². The van der Waals surface area contributed by atoms with Crippen molar-refractivity contribution < 1.29 is 46.3 Å². The number of ether oxygens (including phenoxy) is 1. The van der Waals surface area contributed by atoms with Crippen molar-refractivity contribution in [1.29, 1.82) is 0 Å². The summed E-state index contributed by atoms with van der Waals surface area (Å²) in [6, 6.07) is 5.17. The Morgan fingerprint density at radius 2 is 2.02 bits per heavy atom. The van der Waals surface area contributed by atoms with E-state index in [1.807, 2.05) is 0 Å². The van der Waals surface area contributed by atoms with Crippen LogP contribution in [-0.4, -0.2) is 101 Å². The van der Waals surface area contributed by atoms with E-state index in [1.54, 1.807) is 24.3 Å². The standard InChI is InChI=1S/C24H29ClN8O10S2/c1-24(2)17(21(35)33(24)43-45(38,39)40)31-20(34)16(15-18(25)44-23(27)30-15)32-42-14(22(36)37)10-41-13-5-3-11(4-6-13)19(26)29-12-7-8-28-9-12/h3-6,12,14,17,28H,7-10H2,1-2H3,(H2,26,29)(H2,27,30)(H,31,34)(H,36,37)(H,38,39,40)/b32-16-/t12-,14?,17-/m1/s1. The van der Waals surface area contributed by atoms with E-state index in [0.717, 1.165) is 30.8 Å². The minimum Gasteiger partial charge on any atom is -0.489 e. The molecule has 18 nitrogen and oxygen atoms in total. The van der Waals surface area contributed by atoms with Crippen LogP contribution in [0, 0.1) is 0 Å². The molecule has 21 heteroatoms. The monoisotopic (exact) mass is 688 g/mol. The number of oxime groups is 1. The molecule has 2 aromatic rings. The first-order valence-corrected chi connectivity index (χ1v) is 15.6. The Morgan fingerprint density at radius 1 is 1.33 bits per heavy atom. The van der Waals surface area contributed by atoms with Crippen molar-refractivity contribution in [3.63, 3.8) is 0 Å². The van der Waals surface area contributed by atoms with Gasteiger partial charge in [0.05, 0.1) is 11.6 Å². The molecule has 2 aliphatic rings. The lowest BCUT2D eigenvalue weighted by molar-refractivity contribution is -0.218. The molecule has 0 spiro atoms. The number of carboxylic acids is 1. The van der Waals surface area contributed by atoms with Gasteiger partial charge in [0.15, 0.2) is 10.8 Å². The number of amidine groups is 1. The third-order valence-corrected chi connectivity index (χ3v) is 8.04. The highest BCUT2D eigenvalue weighted by molar-refractivity contribution is 7.80. The highest BCUT2D eigenvalue weighted by atomic mass is 35.5. The Kier molecular flexibility index (Phi) is 10.1. The zero-order chi connectivity index (χ0) is 33.1. The maximum atomic E-state index is 13.3. The van der Waals surface area contributed by atoms with Gasteiger partial charge in [0.2, 0.25) is 0 Å². The van der Waals surface area contributed by atoms with Gasteiger partial charge in [-0.3, -0.25) is 19.1 Å². The summed E-state index contributed by atoms with van der Waals surface area (Å²) >= 11 is 6.94. The number of benzene rings is 1. The number of aliphatic imine (C=N–C) groups is 1.